The maximum atomic E-state index is 10.8. The molecule has 1 saturated heterocycles. The van der Waals surface area contributed by atoms with E-state index in [1.54, 1.807) is 0 Å². The van der Waals surface area contributed by atoms with Gasteiger partial charge in [0.15, 0.2) is 0 Å². The summed E-state index contributed by atoms with van der Waals surface area (Å²) in [6, 6.07) is 0. The van der Waals surface area contributed by atoms with Crippen molar-refractivity contribution in [1.82, 2.24) is 0 Å². The van der Waals surface area contributed by atoms with Crippen LogP contribution in [0.15, 0.2) is 0 Å². The monoisotopic (exact) mass is 442 g/mol. The Morgan fingerprint density at radius 3 is 2.21 bits per heavy atom. The molecule has 11 nitrogen and oxygen atoms in total. The van der Waals surface area contributed by atoms with Gasteiger partial charge >= 0.3 is 142 Å². The van der Waals surface area contributed by atoms with Crippen molar-refractivity contribution >= 4 is 24.3 Å². The van der Waals surface area contributed by atoms with Crippen molar-refractivity contribution in [2.24, 2.45) is 0 Å². The first-order chi connectivity index (χ1) is 11.0. The first-order valence-corrected chi connectivity index (χ1v) is 11.7. The molecule has 0 amide bonds. The molecule has 0 aromatic rings. The molecular weight excluding hydrogens is 419 g/mol. The van der Waals surface area contributed by atoms with Gasteiger partial charge in [-0.2, -0.15) is 0 Å². The third-order valence-corrected chi connectivity index (χ3v) is 10.1. The van der Waals surface area contributed by atoms with Crippen molar-refractivity contribution in [3.8, 4) is 0 Å². The summed E-state index contributed by atoms with van der Waals surface area (Å²) >= 11 is -2.05. The van der Waals surface area contributed by atoms with Crippen LogP contribution in [-0.2, 0) is 14.6 Å². The summed E-state index contributed by atoms with van der Waals surface area (Å²) < 4.78 is 36.4. The molecule has 0 bridgehead atoms. The van der Waals surface area contributed by atoms with Crippen LogP contribution in [0.2, 0.25) is 15.5 Å². The van der Waals surface area contributed by atoms with Gasteiger partial charge in [0.2, 0.25) is 0 Å². The third kappa shape index (κ3) is 5.83. The Labute approximate surface area is 143 Å². The van der Waals surface area contributed by atoms with Crippen LogP contribution in [0.3, 0.4) is 0 Å². The van der Waals surface area contributed by atoms with Crippen molar-refractivity contribution in [2.75, 3.05) is 13.2 Å². The predicted molar refractivity (Wildman–Crippen MR) is 77.9 cm³/mol. The van der Waals surface area contributed by atoms with Crippen LogP contribution < -0.4 is 0 Å². The van der Waals surface area contributed by atoms with Gasteiger partial charge in [0.1, 0.15) is 0 Å². The van der Waals surface area contributed by atoms with Crippen LogP contribution in [0.1, 0.15) is 0 Å². The number of aliphatic hydroxyl groups excluding tert-OH is 7. The van der Waals surface area contributed by atoms with Gasteiger partial charge in [-0.1, -0.05) is 0 Å². The van der Waals surface area contributed by atoms with Crippen molar-refractivity contribution in [3.05, 3.63) is 0 Å². The second kappa shape index (κ2) is 9.16. The molecule has 0 aromatic heterocycles. The first kappa shape index (κ1) is 22.2. The van der Waals surface area contributed by atoms with Gasteiger partial charge in [-0.15, -0.1) is 0 Å². The van der Waals surface area contributed by atoms with Crippen LogP contribution in [0.5, 0.6) is 0 Å². The molecule has 1 aliphatic heterocycles. The van der Waals surface area contributed by atoms with E-state index < -0.39 is 79.0 Å². The molecule has 24 heavy (non-hydrogen) atoms. The summed E-state index contributed by atoms with van der Waals surface area (Å²) in [5.41, 5.74) is 0. The molecule has 13 heteroatoms. The molecule has 0 saturated carbocycles. The molecule has 0 spiro atoms. The predicted octanol–water partition coefficient (Wildman–Crippen LogP) is -4.50. The van der Waals surface area contributed by atoms with E-state index in [1.807, 2.05) is 0 Å². The van der Waals surface area contributed by atoms with Crippen LogP contribution in [0, 0.1) is 0 Å². The standard InChI is InChI=1S/C11H23O11SSe/c12-1-5(14)10(18)11(22-23(19,20)21)7(16)4-24-3-6(15)9(17)8(24)2-13/h5-18H,1-4H2,(H,19,20,21)/p-1/t5-,6-,7-,8-,9+,10-,11-/m1/s1. The summed E-state index contributed by atoms with van der Waals surface area (Å²) in [6.07, 6.45) is -9.99. The van der Waals surface area contributed by atoms with Crippen molar-refractivity contribution in [1.29, 1.82) is 0 Å². The normalized spacial score (nSPS) is 30.9. The zero-order valence-corrected chi connectivity index (χ0v) is 15.0. The molecule has 0 aromatic carbocycles. The molecule has 1 radical (unpaired) electrons. The number of rotatable bonds is 9. The van der Waals surface area contributed by atoms with Gasteiger partial charge in [-0.3, -0.25) is 0 Å². The van der Waals surface area contributed by atoms with Crippen molar-refractivity contribution < 1.29 is 52.9 Å². The Balaban J connectivity index is 2.89. The maximum absolute atomic E-state index is 10.8. The Hall–Kier alpha value is 0.109. The van der Waals surface area contributed by atoms with E-state index in [9.17, 15) is 43.6 Å². The average molecular weight is 441 g/mol. The van der Waals surface area contributed by atoms with Gasteiger partial charge < -0.3 is 0 Å². The third-order valence-electron chi connectivity index (χ3n) is 3.68. The zero-order chi connectivity index (χ0) is 18.7. The fourth-order valence-corrected chi connectivity index (χ4v) is 8.56. The fraction of sp³-hybridized carbons (Fsp3) is 1.00. The number of aliphatic hydroxyl groups is 7. The van der Waals surface area contributed by atoms with Gasteiger partial charge in [0.05, 0.1) is 0 Å². The summed E-state index contributed by atoms with van der Waals surface area (Å²) in [5, 5.41) is 66.7. The van der Waals surface area contributed by atoms with Crippen molar-refractivity contribution in [3.63, 3.8) is 0 Å². The van der Waals surface area contributed by atoms with E-state index in [-0.39, 0.29) is 10.6 Å². The van der Waals surface area contributed by atoms with Crippen LogP contribution >= 0.6 is 0 Å². The quantitative estimate of drug-likeness (QED) is 0.103. The average Bonchev–Trinajstić information content (AvgIpc) is 2.76. The molecule has 7 atom stereocenters. The van der Waals surface area contributed by atoms with E-state index in [0.717, 1.165) is 0 Å². The zero-order valence-electron chi connectivity index (χ0n) is 12.4. The van der Waals surface area contributed by atoms with Crippen LogP contribution in [-0.4, -0.2) is 112 Å². The van der Waals surface area contributed by atoms with E-state index in [4.69, 9.17) is 5.11 Å². The van der Waals surface area contributed by atoms with E-state index in [0.29, 0.717) is 0 Å². The molecule has 7 N–H and O–H groups in total. The minimum atomic E-state index is -5.33. The van der Waals surface area contributed by atoms with Gasteiger partial charge in [0.25, 0.3) is 0 Å². The Morgan fingerprint density at radius 2 is 1.75 bits per heavy atom. The Morgan fingerprint density at radius 1 is 1.17 bits per heavy atom. The number of hydrogen-bond donors (Lipinski definition) is 7. The minimum absolute atomic E-state index is 0.110. The summed E-state index contributed by atoms with van der Waals surface area (Å²) in [4.78, 5) is -0.681. The number of hydrogen-bond acceptors (Lipinski definition) is 11. The second-order valence-electron chi connectivity index (χ2n) is 5.43. The SMILES string of the molecule is O=S(=O)([O-])O[C@@H]([C@H](O)[C@H](O)CO)[C@H](O)C[Se]1C[C@@H](O)[C@H](O)[C@H]1CO. The Bertz CT molecular complexity index is 488. The van der Waals surface area contributed by atoms with E-state index >= 15 is 0 Å². The van der Waals surface area contributed by atoms with Crippen molar-refractivity contribution in [2.45, 2.75) is 52.1 Å². The molecule has 0 aliphatic carbocycles. The first-order valence-electron chi connectivity index (χ1n) is 6.94. The van der Waals surface area contributed by atoms with Gasteiger partial charge in [-0.25, -0.2) is 0 Å². The topological polar surface area (TPSA) is 208 Å². The molecular formula is C11H22O11SSe-. The van der Waals surface area contributed by atoms with E-state index in [2.05, 4.69) is 4.18 Å². The molecule has 1 heterocycles. The van der Waals surface area contributed by atoms with Crippen LogP contribution in [0.4, 0.5) is 0 Å². The van der Waals surface area contributed by atoms with Crippen LogP contribution in [0.25, 0.3) is 0 Å². The molecule has 1 rings (SSSR count). The fourth-order valence-electron chi connectivity index (χ4n) is 2.42. The van der Waals surface area contributed by atoms with Gasteiger partial charge in [-0.05, 0) is 0 Å². The molecule has 145 valence electrons. The van der Waals surface area contributed by atoms with E-state index in [1.165, 1.54) is 0 Å². The summed E-state index contributed by atoms with van der Waals surface area (Å²) in [5.74, 6) is 0. The molecule has 1 aliphatic rings. The summed E-state index contributed by atoms with van der Waals surface area (Å²) in [7, 11) is -5.33. The summed E-state index contributed by atoms with van der Waals surface area (Å²) in [6.45, 7) is -1.42. The second-order valence-corrected chi connectivity index (χ2v) is 11.4. The molecule has 0 unspecified atom stereocenters. The Kier molecular flexibility index (Phi) is 8.46. The molecule has 1 fully saturated rings. The van der Waals surface area contributed by atoms with Gasteiger partial charge in [0, 0.05) is 0 Å².